The fourth-order valence-corrected chi connectivity index (χ4v) is 3.60. The molecule has 1 aliphatic rings. The number of rotatable bonds is 4. The van der Waals surface area contributed by atoms with Crippen LogP contribution in [0.25, 0.3) is 21.5 Å². The summed E-state index contributed by atoms with van der Waals surface area (Å²) < 4.78 is 11.0. The number of fused-ring (bicyclic) bond motifs is 1. The van der Waals surface area contributed by atoms with Gasteiger partial charge in [-0.25, -0.2) is 9.78 Å². The van der Waals surface area contributed by atoms with Gasteiger partial charge in [0.05, 0.1) is 27.8 Å². The molecule has 24 heavy (non-hydrogen) atoms. The number of thiophene rings is 1. The van der Waals surface area contributed by atoms with Crippen molar-refractivity contribution >= 4 is 28.2 Å². The molecule has 122 valence electrons. The molecule has 0 aliphatic carbocycles. The van der Waals surface area contributed by atoms with Crippen LogP contribution in [0.1, 0.15) is 23.2 Å². The zero-order valence-electron chi connectivity index (χ0n) is 13.1. The highest BCUT2D eigenvalue weighted by Gasteiger charge is 2.20. The van der Waals surface area contributed by atoms with Crippen LogP contribution in [0.2, 0.25) is 0 Å². The molecule has 2 aromatic heterocycles. The highest BCUT2D eigenvalue weighted by molar-refractivity contribution is 7.13. The Morgan fingerprint density at radius 1 is 1.29 bits per heavy atom. The van der Waals surface area contributed by atoms with E-state index in [-0.39, 0.29) is 12.1 Å². The average molecular weight is 339 g/mol. The Bertz CT molecular complexity index is 854. The molecule has 0 saturated carbocycles. The van der Waals surface area contributed by atoms with E-state index in [1.54, 1.807) is 11.3 Å². The van der Waals surface area contributed by atoms with Crippen LogP contribution < -0.4 is 0 Å². The van der Waals surface area contributed by atoms with E-state index in [2.05, 4.69) is 4.98 Å². The van der Waals surface area contributed by atoms with E-state index >= 15 is 0 Å². The van der Waals surface area contributed by atoms with Gasteiger partial charge in [0.25, 0.3) is 0 Å². The van der Waals surface area contributed by atoms with Gasteiger partial charge in [-0.2, -0.15) is 0 Å². The van der Waals surface area contributed by atoms with E-state index in [0.717, 1.165) is 40.9 Å². The SMILES string of the molecule is O=C(OCC1CCCO1)c1cc(-c2cccs2)nc2ccccc12. The van der Waals surface area contributed by atoms with Gasteiger partial charge in [0, 0.05) is 12.0 Å². The van der Waals surface area contributed by atoms with Crippen molar-refractivity contribution in [2.45, 2.75) is 18.9 Å². The molecule has 0 spiro atoms. The summed E-state index contributed by atoms with van der Waals surface area (Å²) in [5, 5.41) is 2.82. The number of esters is 1. The Labute approximate surface area is 144 Å². The van der Waals surface area contributed by atoms with E-state index in [1.165, 1.54) is 0 Å². The molecule has 1 saturated heterocycles. The molecular weight excluding hydrogens is 322 g/mol. The number of benzene rings is 1. The number of hydrogen-bond donors (Lipinski definition) is 0. The number of para-hydroxylation sites is 1. The molecule has 1 aliphatic heterocycles. The fraction of sp³-hybridized carbons (Fsp3) is 0.263. The summed E-state index contributed by atoms with van der Waals surface area (Å²) >= 11 is 1.60. The quantitative estimate of drug-likeness (QED) is 0.665. The van der Waals surface area contributed by atoms with Gasteiger partial charge in [0.15, 0.2) is 0 Å². The van der Waals surface area contributed by atoms with Gasteiger partial charge in [-0.1, -0.05) is 24.3 Å². The maximum Gasteiger partial charge on any atom is 0.338 e. The maximum absolute atomic E-state index is 12.6. The standard InChI is InChI=1S/C19H17NO3S/c21-19(23-12-13-5-3-9-22-13)15-11-17(18-8-4-10-24-18)20-16-7-2-1-6-14(15)16/h1-2,4,6-8,10-11,13H,3,5,9,12H2. The van der Waals surface area contributed by atoms with Gasteiger partial charge in [-0.15, -0.1) is 11.3 Å². The summed E-state index contributed by atoms with van der Waals surface area (Å²) in [5.74, 6) is -0.318. The van der Waals surface area contributed by atoms with Gasteiger partial charge in [0.2, 0.25) is 0 Å². The van der Waals surface area contributed by atoms with Crippen molar-refractivity contribution in [1.29, 1.82) is 0 Å². The van der Waals surface area contributed by atoms with Crippen molar-refractivity contribution in [3.63, 3.8) is 0 Å². The lowest BCUT2D eigenvalue weighted by molar-refractivity contribution is 0.0163. The predicted octanol–water partition coefficient (Wildman–Crippen LogP) is 4.30. The second-order valence-electron chi connectivity index (χ2n) is 5.78. The second-order valence-corrected chi connectivity index (χ2v) is 6.73. The number of pyridine rings is 1. The number of ether oxygens (including phenoxy) is 2. The first kappa shape index (κ1) is 15.3. The Kier molecular flexibility index (Phi) is 4.28. The molecule has 1 atom stereocenters. The lowest BCUT2D eigenvalue weighted by Crippen LogP contribution is -2.18. The summed E-state index contributed by atoms with van der Waals surface area (Å²) in [7, 11) is 0. The van der Waals surface area contributed by atoms with E-state index < -0.39 is 0 Å². The van der Waals surface area contributed by atoms with Crippen molar-refractivity contribution in [2.75, 3.05) is 13.2 Å². The summed E-state index contributed by atoms with van der Waals surface area (Å²) in [6.45, 7) is 1.06. The van der Waals surface area contributed by atoms with Gasteiger partial charge in [-0.3, -0.25) is 0 Å². The first-order valence-corrected chi connectivity index (χ1v) is 8.91. The van der Waals surface area contributed by atoms with Crippen LogP contribution in [0.4, 0.5) is 0 Å². The van der Waals surface area contributed by atoms with Crippen molar-refractivity contribution in [1.82, 2.24) is 4.98 Å². The third-order valence-corrected chi connectivity index (χ3v) is 5.03. The van der Waals surface area contributed by atoms with Crippen LogP contribution >= 0.6 is 11.3 Å². The highest BCUT2D eigenvalue weighted by Crippen LogP contribution is 2.28. The maximum atomic E-state index is 12.6. The summed E-state index contributed by atoms with van der Waals surface area (Å²) in [4.78, 5) is 18.3. The van der Waals surface area contributed by atoms with Crippen LogP contribution in [0, 0.1) is 0 Å². The Hall–Kier alpha value is -2.24. The van der Waals surface area contributed by atoms with Crippen molar-refractivity contribution < 1.29 is 14.3 Å². The Balaban J connectivity index is 1.68. The summed E-state index contributed by atoms with van der Waals surface area (Å²) in [6.07, 6.45) is 2.01. The highest BCUT2D eigenvalue weighted by atomic mass is 32.1. The van der Waals surface area contributed by atoms with Crippen LogP contribution in [0.3, 0.4) is 0 Å². The summed E-state index contributed by atoms with van der Waals surface area (Å²) in [5.41, 5.74) is 2.15. The number of carbonyl (C=O) groups excluding carboxylic acids is 1. The number of hydrogen-bond acceptors (Lipinski definition) is 5. The topological polar surface area (TPSA) is 48.4 Å². The normalized spacial score (nSPS) is 17.2. The molecule has 0 N–H and O–H groups in total. The van der Waals surface area contributed by atoms with Crippen molar-refractivity contribution in [3.05, 3.63) is 53.4 Å². The number of carbonyl (C=O) groups is 1. The second kappa shape index (κ2) is 6.71. The number of aromatic nitrogens is 1. The molecule has 4 rings (SSSR count). The lowest BCUT2D eigenvalue weighted by atomic mass is 10.1. The van der Waals surface area contributed by atoms with Crippen molar-refractivity contribution in [2.24, 2.45) is 0 Å². The zero-order valence-corrected chi connectivity index (χ0v) is 13.9. The van der Waals surface area contributed by atoms with E-state index in [4.69, 9.17) is 9.47 Å². The fourth-order valence-electron chi connectivity index (χ4n) is 2.92. The molecule has 1 unspecified atom stereocenters. The van der Waals surface area contributed by atoms with Crippen LogP contribution in [0.15, 0.2) is 47.8 Å². The first-order chi connectivity index (χ1) is 11.8. The molecular formula is C19H17NO3S. The zero-order chi connectivity index (χ0) is 16.4. The molecule has 5 heteroatoms. The van der Waals surface area contributed by atoms with Crippen LogP contribution in [-0.4, -0.2) is 30.3 Å². The van der Waals surface area contributed by atoms with E-state index in [0.29, 0.717) is 12.2 Å². The third kappa shape index (κ3) is 3.05. The predicted molar refractivity (Wildman–Crippen MR) is 94.3 cm³/mol. The molecule has 4 nitrogen and oxygen atoms in total. The Morgan fingerprint density at radius 3 is 3.00 bits per heavy atom. The minimum atomic E-state index is -0.318. The smallest absolute Gasteiger partial charge is 0.338 e. The van der Waals surface area contributed by atoms with Gasteiger partial charge < -0.3 is 9.47 Å². The summed E-state index contributed by atoms with van der Waals surface area (Å²) in [6, 6.07) is 13.5. The van der Waals surface area contributed by atoms with Crippen LogP contribution in [0.5, 0.6) is 0 Å². The largest absolute Gasteiger partial charge is 0.459 e. The van der Waals surface area contributed by atoms with Gasteiger partial charge >= 0.3 is 5.97 Å². The van der Waals surface area contributed by atoms with Gasteiger partial charge in [0.1, 0.15) is 6.61 Å². The van der Waals surface area contributed by atoms with Gasteiger partial charge in [-0.05, 0) is 36.4 Å². The lowest BCUT2D eigenvalue weighted by Gasteiger charge is -2.12. The monoisotopic (exact) mass is 339 g/mol. The third-order valence-electron chi connectivity index (χ3n) is 4.13. The number of nitrogens with zero attached hydrogens (tertiary/aromatic N) is 1. The minimum Gasteiger partial charge on any atom is -0.459 e. The van der Waals surface area contributed by atoms with E-state index in [1.807, 2.05) is 47.8 Å². The molecule has 1 fully saturated rings. The Morgan fingerprint density at radius 2 is 2.21 bits per heavy atom. The van der Waals surface area contributed by atoms with Crippen LogP contribution in [-0.2, 0) is 9.47 Å². The van der Waals surface area contributed by atoms with Crippen molar-refractivity contribution in [3.8, 4) is 10.6 Å². The molecule has 1 aromatic carbocycles. The average Bonchev–Trinajstić information content (AvgIpc) is 3.32. The van der Waals surface area contributed by atoms with E-state index in [9.17, 15) is 4.79 Å². The minimum absolute atomic E-state index is 0.0267. The molecule has 0 amide bonds. The first-order valence-electron chi connectivity index (χ1n) is 8.03. The molecule has 3 heterocycles. The molecule has 3 aromatic rings. The molecule has 0 radical (unpaired) electrons. The molecule has 0 bridgehead atoms.